The maximum absolute atomic E-state index is 14.2. The third kappa shape index (κ3) is 3.49. The number of nitrogens with zero attached hydrogens (tertiary/aromatic N) is 1. The maximum Gasteiger partial charge on any atom is 0.316 e. The lowest BCUT2D eigenvalue weighted by Crippen LogP contribution is -2.71. The van der Waals surface area contributed by atoms with Gasteiger partial charge in [-0.1, -0.05) is 0 Å². The highest BCUT2D eigenvalue weighted by atomic mass is 16.7. The first-order valence-corrected chi connectivity index (χ1v) is 13.4. The van der Waals surface area contributed by atoms with Crippen LogP contribution in [-0.2, 0) is 19.9 Å². The zero-order valence-corrected chi connectivity index (χ0v) is 23.5. The number of phenolic OH excluding ortho intramolecular Hbond substituents is 2. The van der Waals surface area contributed by atoms with Crippen molar-refractivity contribution < 1.29 is 54.1 Å². The highest BCUT2D eigenvalue weighted by molar-refractivity contribution is 6.31. The number of aliphatic hydroxyl groups excluding tert-OH is 2. The first-order chi connectivity index (χ1) is 19.6. The Kier molecular flexibility index (Phi) is 6.08. The number of benzene rings is 2. The summed E-state index contributed by atoms with van der Waals surface area (Å²) in [5.74, 6) is -5.54. The summed E-state index contributed by atoms with van der Waals surface area (Å²) in [4.78, 5) is 42.6. The Hall–Kier alpha value is -3.59. The number of likely N-dealkylation sites (N-methyl/N-ethyl adjacent to an activating group) is 1. The van der Waals surface area contributed by atoms with E-state index in [-0.39, 0.29) is 40.0 Å². The lowest BCUT2D eigenvalue weighted by atomic mass is 9.68. The number of hydrogen-bond donors (Lipinski definition) is 6. The van der Waals surface area contributed by atoms with Gasteiger partial charge in [-0.15, -0.1) is 0 Å². The molecule has 1 saturated heterocycles. The normalized spacial score (nSPS) is 34.6. The lowest BCUT2D eigenvalue weighted by Gasteiger charge is -2.54. The summed E-state index contributed by atoms with van der Waals surface area (Å²) in [7, 11) is 4.56. The molecule has 6 rings (SSSR count). The molecule has 2 aromatic rings. The lowest BCUT2D eigenvalue weighted by molar-refractivity contribution is -0.281. The Morgan fingerprint density at radius 3 is 2.38 bits per heavy atom. The van der Waals surface area contributed by atoms with E-state index in [9.17, 15) is 39.9 Å². The number of esters is 1. The number of hydrogen-bond acceptors (Lipinski definition) is 13. The molecule has 2 bridgehead atoms. The molecule has 2 aromatic carbocycles. The number of fused-ring (bicyclic) bond motifs is 8. The van der Waals surface area contributed by atoms with Crippen LogP contribution in [0.15, 0.2) is 12.1 Å². The van der Waals surface area contributed by atoms with Crippen LogP contribution < -0.4 is 10.5 Å². The number of carbonyl (C=O) groups excluding carboxylic acids is 3. The van der Waals surface area contributed by atoms with E-state index in [4.69, 9.17) is 19.9 Å². The quantitative estimate of drug-likeness (QED) is 0.218. The largest absolute Gasteiger partial charge is 0.507 e. The predicted octanol–water partition coefficient (Wildman–Crippen LogP) is -0.0998. The average Bonchev–Trinajstić information content (AvgIpc) is 2.89. The van der Waals surface area contributed by atoms with Crippen LogP contribution in [-0.4, -0.2) is 99.3 Å². The van der Waals surface area contributed by atoms with Crippen LogP contribution in [0.4, 0.5) is 0 Å². The van der Waals surface area contributed by atoms with E-state index in [2.05, 4.69) is 0 Å². The van der Waals surface area contributed by atoms with Crippen LogP contribution >= 0.6 is 0 Å². The highest BCUT2D eigenvalue weighted by Gasteiger charge is 2.59. The fraction of sp³-hybridized carbons (Fsp3) is 0.483. The van der Waals surface area contributed by atoms with Gasteiger partial charge in [0.1, 0.15) is 34.9 Å². The Labute approximate surface area is 240 Å². The summed E-state index contributed by atoms with van der Waals surface area (Å²) in [6.45, 7) is 2.88. The number of carbonyl (C=O) groups is 3. The van der Waals surface area contributed by atoms with Gasteiger partial charge < -0.3 is 50.4 Å². The van der Waals surface area contributed by atoms with Crippen molar-refractivity contribution in [1.29, 1.82) is 0 Å². The van der Waals surface area contributed by atoms with Gasteiger partial charge in [0, 0.05) is 23.1 Å². The Morgan fingerprint density at radius 1 is 1.10 bits per heavy atom. The molecule has 0 saturated carbocycles. The molecule has 0 spiro atoms. The topological polar surface area (TPSA) is 209 Å². The zero-order valence-electron chi connectivity index (χ0n) is 23.5. The van der Waals surface area contributed by atoms with Crippen molar-refractivity contribution in [3.8, 4) is 17.2 Å². The van der Waals surface area contributed by atoms with Gasteiger partial charge >= 0.3 is 5.97 Å². The molecular weight excluding hydrogens is 552 g/mol. The molecule has 2 aliphatic heterocycles. The van der Waals surface area contributed by atoms with Gasteiger partial charge in [0.15, 0.2) is 5.78 Å². The second-order valence-electron chi connectivity index (χ2n) is 12.1. The van der Waals surface area contributed by atoms with E-state index in [1.807, 2.05) is 0 Å². The molecule has 4 aliphatic rings. The number of ketones is 2. The van der Waals surface area contributed by atoms with Crippen LogP contribution in [0.5, 0.6) is 17.2 Å². The van der Waals surface area contributed by atoms with Gasteiger partial charge in [0.2, 0.25) is 12.1 Å². The fourth-order valence-corrected chi connectivity index (χ4v) is 7.15. The minimum absolute atomic E-state index is 0.0835. The third-order valence-electron chi connectivity index (χ3n) is 9.19. The number of methoxy groups -OCH3 is 1. The SMILES string of the molecule is COC(=O)[C@@H]1c2cc3c(c(O)c2[C@@H](O)C[C@]1(C)O)C(=O)c1c(O)cc2c(c1C3=O)O[C@@H]1O[C@@]2(C)[C@H](O)[C@H](N(C)C)[C@@H]1N. The van der Waals surface area contributed by atoms with Gasteiger partial charge in [-0.3, -0.25) is 14.4 Å². The van der Waals surface area contributed by atoms with Crippen molar-refractivity contribution in [3.63, 3.8) is 0 Å². The van der Waals surface area contributed by atoms with Crippen molar-refractivity contribution >= 4 is 17.5 Å². The number of nitrogens with two attached hydrogens (primary N) is 1. The van der Waals surface area contributed by atoms with Crippen LogP contribution in [0, 0.1) is 0 Å². The van der Waals surface area contributed by atoms with Gasteiger partial charge in [0.25, 0.3) is 0 Å². The molecule has 224 valence electrons. The average molecular weight is 585 g/mol. The smallest absolute Gasteiger partial charge is 0.316 e. The van der Waals surface area contributed by atoms with E-state index in [0.29, 0.717) is 0 Å². The van der Waals surface area contributed by atoms with Crippen molar-refractivity contribution in [2.24, 2.45) is 5.73 Å². The molecule has 13 nitrogen and oxygen atoms in total. The summed E-state index contributed by atoms with van der Waals surface area (Å²) in [5.41, 5.74) is 1.31. The van der Waals surface area contributed by atoms with Crippen molar-refractivity contribution in [2.45, 2.75) is 68.0 Å². The molecule has 13 heteroatoms. The van der Waals surface area contributed by atoms with Crippen LogP contribution in [0.3, 0.4) is 0 Å². The Bertz CT molecular complexity index is 1580. The second kappa shape index (κ2) is 8.96. The molecule has 2 aliphatic carbocycles. The van der Waals surface area contributed by atoms with Gasteiger partial charge in [0.05, 0.1) is 47.6 Å². The van der Waals surface area contributed by atoms with Gasteiger partial charge in [-0.05, 0) is 45.6 Å². The summed E-state index contributed by atoms with van der Waals surface area (Å²) >= 11 is 0. The minimum atomic E-state index is -1.82. The molecule has 8 atom stereocenters. The van der Waals surface area contributed by atoms with Crippen molar-refractivity contribution in [3.05, 3.63) is 51.1 Å². The van der Waals surface area contributed by atoms with Crippen molar-refractivity contribution in [1.82, 2.24) is 4.90 Å². The van der Waals surface area contributed by atoms with Gasteiger partial charge in [-0.2, -0.15) is 0 Å². The van der Waals surface area contributed by atoms with E-state index in [0.717, 1.165) is 7.11 Å². The number of rotatable bonds is 2. The second-order valence-corrected chi connectivity index (χ2v) is 12.1. The molecule has 0 amide bonds. The monoisotopic (exact) mass is 584 g/mol. The summed E-state index contributed by atoms with van der Waals surface area (Å²) in [6.07, 6.45) is -4.23. The van der Waals surface area contributed by atoms with E-state index < -0.39 is 87.9 Å². The molecule has 0 unspecified atom stereocenters. The van der Waals surface area contributed by atoms with Crippen LogP contribution in [0.1, 0.15) is 80.8 Å². The number of aromatic hydroxyl groups is 2. The number of ether oxygens (including phenoxy) is 3. The maximum atomic E-state index is 14.2. The minimum Gasteiger partial charge on any atom is -0.507 e. The molecule has 42 heavy (non-hydrogen) atoms. The number of aliphatic hydroxyl groups is 3. The molecule has 7 N–H and O–H groups in total. The van der Waals surface area contributed by atoms with Gasteiger partial charge in [-0.25, -0.2) is 0 Å². The summed E-state index contributed by atoms with van der Waals surface area (Å²) in [6, 6.07) is 0.855. The molecule has 0 radical (unpaired) electrons. The Balaban J connectivity index is 1.60. The third-order valence-corrected chi connectivity index (χ3v) is 9.19. The Morgan fingerprint density at radius 2 is 1.76 bits per heavy atom. The van der Waals surface area contributed by atoms with E-state index >= 15 is 0 Å². The number of phenols is 2. The predicted molar refractivity (Wildman–Crippen MR) is 142 cm³/mol. The zero-order chi connectivity index (χ0) is 30.8. The van der Waals surface area contributed by atoms with E-state index in [1.54, 1.807) is 25.9 Å². The highest BCUT2D eigenvalue weighted by Crippen LogP contribution is 2.55. The van der Waals surface area contributed by atoms with Crippen LogP contribution in [0.2, 0.25) is 0 Å². The summed E-state index contributed by atoms with van der Waals surface area (Å²) < 4.78 is 17.0. The molecule has 2 heterocycles. The molecular formula is C29H32N2O11. The fourth-order valence-electron chi connectivity index (χ4n) is 7.15. The first-order valence-electron chi connectivity index (χ1n) is 13.4. The standard InChI is InChI=1S/C29H32N2O11/c1-28(39)8-13(33)14-9(18(28)26(38)40-5)6-10-15(22(14)35)23(36)16-12(32)7-11-24(17(16)21(10)34)41-27-19(30)20(31(3)4)25(37)29(11,2)42-27/h6-7,13,18-20,25,27,32-33,35,37,39H,8,30H2,1-5H3/t13-,18-,19-,20+,25+,27+,28-,29+/m0/s1. The molecule has 0 aromatic heterocycles. The first kappa shape index (κ1) is 28.5. The van der Waals surface area contributed by atoms with Crippen molar-refractivity contribution in [2.75, 3.05) is 21.2 Å². The van der Waals surface area contributed by atoms with Crippen LogP contribution in [0.25, 0.3) is 0 Å². The van der Waals surface area contributed by atoms with E-state index in [1.165, 1.54) is 19.1 Å². The molecule has 1 fully saturated rings. The summed E-state index contributed by atoms with van der Waals surface area (Å²) in [5, 5.41) is 55.7.